The van der Waals surface area contributed by atoms with Crippen molar-refractivity contribution >= 4 is 0 Å². The summed E-state index contributed by atoms with van der Waals surface area (Å²) >= 11 is 0. The first-order valence-corrected chi connectivity index (χ1v) is 7.34. The monoisotopic (exact) mass is 309 g/mol. The molecular formula is C18H15NO4. The van der Waals surface area contributed by atoms with E-state index in [2.05, 4.69) is 4.98 Å². The first-order valence-electron chi connectivity index (χ1n) is 7.34. The van der Waals surface area contributed by atoms with Crippen LogP contribution in [0.15, 0.2) is 52.9 Å². The Kier molecular flexibility index (Phi) is 3.38. The van der Waals surface area contributed by atoms with Gasteiger partial charge in [0.05, 0.1) is 0 Å². The van der Waals surface area contributed by atoms with Crippen LogP contribution >= 0.6 is 0 Å². The number of hydrogen-bond donors (Lipinski definition) is 0. The van der Waals surface area contributed by atoms with Crippen LogP contribution in [0.25, 0.3) is 11.5 Å². The van der Waals surface area contributed by atoms with Crippen molar-refractivity contribution < 1.29 is 18.6 Å². The third kappa shape index (κ3) is 2.73. The van der Waals surface area contributed by atoms with E-state index >= 15 is 0 Å². The molecule has 1 aliphatic rings. The summed E-state index contributed by atoms with van der Waals surface area (Å²) in [6, 6.07) is 15.3. The molecular weight excluding hydrogens is 294 g/mol. The van der Waals surface area contributed by atoms with Crippen molar-refractivity contribution in [3.63, 3.8) is 0 Å². The van der Waals surface area contributed by atoms with E-state index in [9.17, 15) is 0 Å². The summed E-state index contributed by atoms with van der Waals surface area (Å²) in [5, 5.41) is 0. The van der Waals surface area contributed by atoms with Crippen LogP contribution < -0.4 is 14.2 Å². The molecule has 5 nitrogen and oxygen atoms in total. The zero-order valence-corrected chi connectivity index (χ0v) is 12.6. The van der Waals surface area contributed by atoms with Crippen LogP contribution in [-0.4, -0.2) is 11.8 Å². The summed E-state index contributed by atoms with van der Waals surface area (Å²) < 4.78 is 22.1. The van der Waals surface area contributed by atoms with Crippen molar-refractivity contribution in [3.05, 3.63) is 60.0 Å². The fourth-order valence-corrected chi connectivity index (χ4v) is 2.38. The number of nitrogens with zero attached hydrogens (tertiary/aromatic N) is 1. The average Bonchev–Trinajstić information content (AvgIpc) is 3.19. The van der Waals surface area contributed by atoms with Gasteiger partial charge < -0.3 is 18.6 Å². The first kappa shape index (κ1) is 13.7. The van der Waals surface area contributed by atoms with Crippen LogP contribution in [0, 0.1) is 6.92 Å². The molecule has 5 heteroatoms. The molecule has 2 aromatic carbocycles. The predicted octanol–water partition coefficient (Wildman–Crippen LogP) is 3.96. The van der Waals surface area contributed by atoms with Crippen molar-refractivity contribution in [2.45, 2.75) is 13.5 Å². The maximum Gasteiger partial charge on any atom is 0.231 e. The lowest BCUT2D eigenvalue weighted by atomic mass is 10.2. The number of ether oxygens (including phenoxy) is 3. The Hall–Kier alpha value is -2.95. The van der Waals surface area contributed by atoms with Gasteiger partial charge in [0.25, 0.3) is 0 Å². The third-order valence-electron chi connectivity index (χ3n) is 3.63. The zero-order chi connectivity index (χ0) is 15.6. The van der Waals surface area contributed by atoms with Gasteiger partial charge in [-0.25, -0.2) is 4.98 Å². The van der Waals surface area contributed by atoms with Gasteiger partial charge in [-0.2, -0.15) is 0 Å². The number of hydrogen-bond acceptors (Lipinski definition) is 5. The van der Waals surface area contributed by atoms with Crippen LogP contribution in [0.2, 0.25) is 0 Å². The summed E-state index contributed by atoms with van der Waals surface area (Å²) in [6.07, 6.45) is 0. The fourth-order valence-electron chi connectivity index (χ4n) is 2.38. The molecule has 0 aliphatic carbocycles. The highest BCUT2D eigenvalue weighted by Crippen LogP contribution is 2.35. The summed E-state index contributed by atoms with van der Waals surface area (Å²) in [6.45, 7) is 2.47. The third-order valence-corrected chi connectivity index (χ3v) is 3.63. The molecule has 2 heterocycles. The maximum atomic E-state index is 5.79. The van der Waals surface area contributed by atoms with E-state index in [0.29, 0.717) is 24.0 Å². The van der Waals surface area contributed by atoms with Gasteiger partial charge in [0.2, 0.25) is 12.7 Å². The number of benzene rings is 2. The van der Waals surface area contributed by atoms with Gasteiger partial charge in [0.15, 0.2) is 11.5 Å². The van der Waals surface area contributed by atoms with Crippen molar-refractivity contribution in [2.75, 3.05) is 6.79 Å². The molecule has 0 fully saturated rings. The van der Waals surface area contributed by atoms with Gasteiger partial charge in [-0.1, -0.05) is 18.2 Å². The molecule has 23 heavy (non-hydrogen) atoms. The predicted molar refractivity (Wildman–Crippen MR) is 83.6 cm³/mol. The Balaban J connectivity index is 1.50. The minimum Gasteiger partial charge on any atom is -0.487 e. The lowest BCUT2D eigenvalue weighted by molar-refractivity contribution is 0.173. The molecule has 0 amide bonds. The van der Waals surface area contributed by atoms with Gasteiger partial charge in [0, 0.05) is 11.6 Å². The second-order valence-electron chi connectivity index (χ2n) is 5.19. The second-order valence-corrected chi connectivity index (χ2v) is 5.19. The zero-order valence-electron chi connectivity index (χ0n) is 12.6. The molecule has 3 aromatic rings. The van der Waals surface area contributed by atoms with Crippen LogP contribution in [0.5, 0.6) is 17.2 Å². The molecule has 4 rings (SSSR count). The Labute approximate surface area is 133 Å². The van der Waals surface area contributed by atoms with Crippen molar-refractivity contribution in [3.8, 4) is 28.7 Å². The standard InChI is InChI=1S/C18H15NO4/c1-12-15(19-18(23-12)13-5-3-2-4-6-13)10-20-14-7-8-16-17(9-14)22-11-21-16/h2-9H,10-11H2,1H3. The summed E-state index contributed by atoms with van der Waals surface area (Å²) in [5.41, 5.74) is 1.73. The van der Waals surface area contributed by atoms with Crippen molar-refractivity contribution in [1.29, 1.82) is 0 Å². The van der Waals surface area contributed by atoms with E-state index in [1.807, 2.05) is 55.5 Å². The summed E-state index contributed by atoms with van der Waals surface area (Å²) in [5.74, 6) is 3.50. The molecule has 0 atom stereocenters. The SMILES string of the molecule is Cc1oc(-c2ccccc2)nc1COc1ccc2c(c1)OCO2. The van der Waals surface area contributed by atoms with Gasteiger partial charge in [-0.15, -0.1) is 0 Å². The van der Waals surface area contributed by atoms with E-state index < -0.39 is 0 Å². The number of oxazole rings is 1. The average molecular weight is 309 g/mol. The molecule has 116 valence electrons. The Morgan fingerprint density at radius 2 is 1.87 bits per heavy atom. The van der Waals surface area contributed by atoms with Crippen LogP contribution in [0.3, 0.4) is 0 Å². The van der Waals surface area contributed by atoms with Crippen LogP contribution in [-0.2, 0) is 6.61 Å². The molecule has 1 aromatic heterocycles. The van der Waals surface area contributed by atoms with E-state index in [4.69, 9.17) is 18.6 Å². The molecule has 1 aliphatic heterocycles. The van der Waals surface area contributed by atoms with Crippen molar-refractivity contribution in [2.24, 2.45) is 0 Å². The quantitative estimate of drug-likeness (QED) is 0.730. The van der Waals surface area contributed by atoms with E-state index in [-0.39, 0.29) is 6.79 Å². The van der Waals surface area contributed by atoms with Gasteiger partial charge in [-0.3, -0.25) is 0 Å². The second kappa shape index (κ2) is 5.68. The number of aryl methyl sites for hydroxylation is 1. The maximum absolute atomic E-state index is 5.79. The minimum absolute atomic E-state index is 0.252. The minimum atomic E-state index is 0.252. The summed E-state index contributed by atoms with van der Waals surface area (Å²) in [4.78, 5) is 4.52. The normalized spacial score (nSPS) is 12.4. The largest absolute Gasteiger partial charge is 0.487 e. The highest BCUT2D eigenvalue weighted by Gasteiger charge is 2.15. The summed E-state index contributed by atoms with van der Waals surface area (Å²) in [7, 11) is 0. The topological polar surface area (TPSA) is 53.7 Å². The Bertz CT molecular complexity index is 826. The highest BCUT2D eigenvalue weighted by atomic mass is 16.7. The fraction of sp³-hybridized carbons (Fsp3) is 0.167. The molecule has 0 spiro atoms. The number of fused-ring (bicyclic) bond motifs is 1. The lowest BCUT2D eigenvalue weighted by Gasteiger charge is -2.05. The van der Waals surface area contributed by atoms with Gasteiger partial charge in [-0.05, 0) is 31.2 Å². The number of rotatable bonds is 4. The van der Waals surface area contributed by atoms with E-state index in [1.54, 1.807) is 0 Å². The molecule has 0 radical (unpaired) electrons. The van der Waals surface area contributed by atoms with Crippen LogP contribution in [0.4, 0.5) is 0 Å². The lowest BCUT2D eigenvalue weighted by Crippen LogP contribution is -1.97. The highest BCUT2D eigenvalue weighted by molar-refractivity contribution is 5.53. The van der Waals surface area contributed by atoms with Gasteiger partial charge >= 0.3 is 0 Å². The Morgan fingerprint density at radius 3 is 2.74 bits per heavy atom. The molecule has 0 unspecified atom stereocenters. The van der Waals surface area contributed by atoms with E-state index in [1.165, 1.54) is 0 Å². The van der Waals surface area contributed by atoms with Crippen LogP contribution in [0.1, 0.15) is 11.5 Å². The van der Waals surface area contributed by atoms with Crippen molar-refractivity contribution in [1.82, 2.24) is 4.98 Å². The van der Waals surface area contributed by atoms with E-state index in [0.717, 1.165) is 22.8 Å². The molecule has 0 N–H and O–H groups in total. The Morgan fingerprint density at radius 1 is 1.04 bits per heavy atom. The molecule has 0 saturated heterocycles. The molecule has 0 saturated carbocycles. The van der Waals surface area contributed by atoms with Gasteiger partial charge in [0.1, 0.15) is 23.8 Å². The first-order chi connectivity index (χ1) is 11.3. The number of aromatic nitrogens is 1. The molecule has 0 bridgehead atoms. The smallest absolute Gasteiger partial charge is 0.231 e.